The van der Waals surface area contributed by atoms with Gasteiger partial charge in [-0.25, -0.2) is 4.98 Å². The first-order valence-corrected chi connectivity index (χ1v) is 13.9. The number of nitrogens with zero attached hydrogens (tertiary/aromatic N) is 4. The molecule has 1 aromatic heterocycles. The van der Waals surface area contributed by atoms with Crippen LogP contribution in [0.25, 0.3) is 0 Å². The van der Waals surface area contributed by atoms with Gasteiger partial charge in [0.1, 0.15) is 24.5 Å². The smallest absolute Gasteiger partial charge is 0.229 e. The van der Waals surface area contributed by atoms with Crippen LogP contribution in [0.3, 0.4) is 0 Å². The van der Waals surface area contributed by atoms with Crippen molar-refractivity contribution in [2.75, 3.05) is 55.6 Å². The van der Waals surface area contributed by atoms with Crippen LogP contribution in [0.5, 0.6) is 5.75 Å². The Hall–Kier alpha value is -3.22. The highest BCUT2D eigenvalue weighted by molar-refractivity contribution is 7.70. The van der Waals surface area contributed by atoms with Crippen LogP contribution in [0, 0.1) is 0 Å². The van der Waals surface area contributed by atoms with E-state index in [2.05, 4.69) is 43.6 Å². The molecule has 2 aliphatic rings. The molecule has 0 fully saturated rings. The highest BCUT2D eigenvalue weighted by atomic mass is 35.5. The van der Waals surface area contributed by atoms with Crippen molar-refractivity contribution in [3.05, 3.63) is 65.6 Å². The summed E-state index contributed by atoms with van der Waals surface area (Å²) in [5.74, 6) is 1.63. The molecule has 8 nitrogen and oxygen atoms in total. The molecular formula is C24H26ClN6O2P. The average molecular weight is 497 g/mol. The number of aromatic nitrogens is 2. The number of para-hydroxylation sites is 1. The molecule has 5 rings (SSSR count). The molecule has 0 saturated carbocycles. The van der Waals surface area contributed by atoms with E-state index in [4.69, 9.17) is 16.3 Å². The van der Waals surface area contributed by atoms with Gasteiger partial charge in [-0.3, -0.25) is 0 Å². The van der Waals surface area contributed by atoms with Crippen molar-refractivity contribution in [3.63, 3.8) is 0 Å². The van der Waals surface area contributed by atoms with Crippen LogP contribution in [0.2, 0.25) is 5.02 Å². The minimum Gasteiger partial charge on any atom is -0.485 e. The Labute approximate surface area is 204 Å². The third-order valence-corrected chi connectivity index (χ3v) is 7.58. The van der Waals surface area contributed by atoms with E-state index in [0.29, 0.717) is 29.1 Å². The van der Waals surface area contributed by atoms with E-state index in [-0.39, 0.29) is 0 Å². The Kier molecular flexibility index (Phi) is 5.88. The van der Waals surface area contributed by atoms with Gasteiger partial charge in [-0.1, -0.05) is 23.7 Å². The first kappa shape index (κ1) is 22.6. The van der Waals surface area contributed by atoms with Gasteiger partial charge in [-0.15, -0.1) is 0 Å². The van der Waals surface area contributed by atoms with Gasteiger partial charge in [0.25, 0.3) is 0 Å². The van der Waals surface area contributed by atoms with Crippen molar-refractivity contribution >= 4 is 52.9 Å². The van der Waals surface area contributed by atoms with Crippen molar-refractivity contribution in [3.8, 4) is 5.75 Å². The summed E-state index contributed by atoms with van der Waals surface area (Å²) >= 11 is 6.37. The zero-order valence-electron chi connectivity index (χ0n) is 19.2. The molecule has 0 saturated heterocycles. The van der Waals surface area contributed by atoms with E-state index in [1.165, 1.54) is 6.20 Å². The predicted molar refractivity (Wildman–Crippen MR) is 139 cm³/mol. The standard InChI is InChI=1S/C24H26ClN6O2P/c1-30-10-11-31-17(14-30)15-33-21-12-16(8-9-20(21)31)27-24-26-13-18(25)23(29-24)28-19-6-4-5-7-22(19)34(2,3)32/h4-9,12-14H,10-11,15H2,1-3H3,(H2,26,27,28,29). The summed E-state index contributed by atoms with van der Waals surface area (Å²) in [5, 5.41) is 7.56. The number of anilines is 5. The molecule has 2 aromatic carbocycles. The maximum Gasteiger partial charge on any atom is 0.229 e. The van der Waals surface area contributed by atoms with Crippen LogP contribution in [-0.2, 0) is 4.57 Å². The van der Waals surface area contributed by atoms with Gasteiger partial charge in [-0.2, -0.15) is 4.98 Å². The Bertz CT molecular complexity index is 1320. The van der Waals surface area contributed by atoms with Crippen molar-refractivity contribution in [2.45, 2.75) is 0 Å². The SMILES string of the molecule is CN1C=C2COc3cc(Nc4ncc(Cl)c(Nc5ccccc5P(C)(C)=O)n4)ccc3N2CC1. The number of halogens is 1. The van der Waals surface area contributed by atoms with Crippen LogP contribution in [0.4, 0.5) is 28.8 Å². The number of fused-ring (bicyclic) bond motifs is 3. The highest BCUT2D eigenvalue weighted by Gasteiger charge is 2.26. The molecule has 0 amide bonds. The normalized spacial score (nSPS) is 15.1. The fraction of sp³-hybridized carbons (Fsp3) is 0.250. The Morgan fingerprint density at radius 2 is 1.94 bits per heavy atom. The lowest BCUT2D eigenvalue weighted by atomic mass is 10.1. The van der Waals surface area contributed by atoms with Crippen LogP contribution in [0.15, 0.2) is 60.6 Å². The van der Waals surface area contributed by atoms with Gasteiger partial charge in [0.2, 0.25) is 5.95 Å². The quantitative estimate of drug-likeness (QED) is 0.485. The molecule has 0 spiro atoms. The fourth-order valence-corrected chi connectivity index (χ4v) is 5.38. The third-order valence-electron chi connectivity index (χ3n) is 5.76. The number of likely N-dealkylation sites (N-methyl/N-ethyl adjacent to an activating group) is 1. The minimum atomic E-state index is -2.49. The topological polar surface area (TPSA) is 82.6 Å². The van der Waals surface area contributed by atoms with E-state index in [1.54, 1.807) is 13.3 Å². The zero-order valence-corrected chi connectivity index (χ0v) is 20.9. The lowest BCUT2D eigenvalue weighted by Crippen LogP contribution is -2.40. The minimum absolute atomic E-state index is 0.366. The molecule has 176 valence electrons. The number of rotatable bonds is 5. The second-order valence-electron chi connectivity index (χ2n) is 8.73. The molecule has 3 heterocycles. The summed E-state index contributed by atoms with van der Waals surface area (Å²) in [4.78, 5) is 13.3. The summed E-state index contributed by atoms with van der Waals surface area (Å²) in [6, 6.07) is 13.4. The average Bonchev–Trinajstić information content (AvgIpc) is 2.80. The summed E-state index contributed by atoms with van der Waals surface area (Å²) in [6.45, 7) is 5.89. The van der Waals surface area contributed by atoms with Crippen molar-refractivity contribution in [2.24, 2.45) is 0 Å². The van der Waals surface area contributed by atoms with Gasteiger partial charge in [0.05, 0.1) is 23.3 Å². The molecule has 2 N–H and O–H groups in total. The molecule has 0 bridgehead atoms. The molecular weight excluding hydrogens is 471 g/mol. The van der Waals surface area contributed by atoms with Gasteiger partial charge in [-0.05, 0) is 37.6 Å². The summed E-state index contributed by atoms with van der Waals surface area (Å²) < 4.78 is 18.7. The Morgan fingerprint density at radius 3 is 2.76 bits per heavy atom. The largest absolute Gasteiger partial charge is 0.485 e. The third kappa shape index (κ3) is 4.56. The molecule has 0 unspecified atom stereocenters. The predicted octanol–water partition coefficient (Wildman–Crippen LogP) is 4.85. The maximum absolute atomic E-state index is 12.7. The molecule has 0 aliphatic carbocycles. The van der Waals surface area contributed by atoms with E-state index < -0.39 is 7.14 Å². The first-order chi connectivity index (χ1) is 16.3. The number of ether oxygens (including phenoxy) is 1. The molecule has 0 radical (unpaired) electrons. The molecule has 34 heavy (non-hydrogen) atoms. The van der Waals surface area contributed by atoms with E-state index in [1.807, 2.05) is 42.5 Å². The highest BCUT2D eigenvalue weighted by Crippen LogP contribution is 2.40. The fourth-order valence-electron chi connectivity index (χ4n) is 4.08. The van der Waals surface area contributed by atoms with Gasteiger partial charge < -0.3 is 29.7 Å². The van der Waals surface area contributed by atoms with Crippen molar-refractivity contribution in [1.29, 1.82) is 0 Å². The monoisotopic (exact) mass is 496 g/mol. The maximum atomic E-state index is 12.7. The van der Waals surface area contributed by atoms with Gasteiger partial charge in [0, 0.05) is 43.4 Å². The number of hydrogen-bond acceptors (Lipinski definition) is 8. The van der Waals surface area contributed by atoms with Crippen molar-refractivity contribution < 1.29 is 9.30 Å². The van der Waals surface area contributed by atoms with Gasteiger partial charge >= 0.3 is 0 Å². The van der Waals surface area contributed by atoms with Crippen LogP contribution in [-0.4, -0.2) is 54.9 Å². The summed E-state index contributed by atoms with van der Waals surface area (Å²) in [5.41, 5.74) is 3.72. The number of hydrogen-bond donors (Lipinski definition) is 2. The van der Waals surface area contributed by atoms with Crippen LogP contribution < -0.4 is 25.6 Å². The molecule has 0 atom stereocenters. The van der Waals surface area contributed by atoms with Gasteiger partial charge in [0.15, 0.2) is 5.82 Å². The summed E-state index contributed by atoms with van der Waals surface area (Å²) in [6.07, 6.45) is 3.67. The second-order valence-corrected chi connectivity index (χ2v) is 12.3. The molecule has 3 aromatic rings. The molecule has 2 aliphatic heterocycles. The zero-order chi connectivity index (χ0) is 23.9. The first-order valence-electron chi connectivity index (χ1n) is 10.9. The van der Waals surface area contributed by atoms with E-state index in [0.717, 1.165) is 41.2 Å². The van der Waals surface area contributed by atoms with E-state index >= 15 is 0 Å². The Morgan fingerprint density at radius 1 is 1.12 bits per heavy atom. The lowest BCUT2D eigenvalue weighted by molar-refractivity contribution is 0.316. The van der Waals surface area contributed by atoms with Crippen LogP contribution in [0.1, 0.15) is 0 Å². The Balaban J connectivity index is 1.38. The number of benzene rings is 2. The lowest BCUT2D eigenvalue weighted by Gasteiger charge is -2.38. The van der Waals surface area contributed by atoms with Crippen molar-refractivity contribution in [1.82, 2.24) is 14.9 Å². The second kappa shape index (κ2) is 8.85. The van der Waals surface area contributed by atoms with E-state index in [9.17, 15) is 4.57 Å². The molecule has 10 heteroatoms. The number of nitrogens with one attached hydrogen (secondary N) is 2. The van der Waals surface area contributed by atoms with Crippen LogP contribution >= 0.6 is 18.7 Å². The summed E-state index contributed by atoms with van der Waals surface area (Å²) in [7, 11) is -0.416.